The third-order valence-electron chi connectivity index (χ3n) is 5.91. The number of hydrogen-bond acceptors (Lipinski definition) is 7. The van der Waals surface area contributed by atoms with Crippen LogP contribution in [0.25, 0.3) is 16.2 Å². The Kier molecular flexibility index (Phi) is 6.35. The quantitative estimate of drug-likeness (QED) is 0.415. The fraction of sp³-hybridized carbons (Fsp3) is 0.320. The molecular formula is C25H27N5O3S. The lowest BCUT2D eigenvalue weighted by Gasteiger charge is -2.31. The lowest BCUT2D eigenvalue weighted by atomic mass is 9.97. The first-order chi connectivity index (χ1) is 16.6. The molecule has 0 bridgehead atoms. The number of carbonyl (C=O) groups excluding carboxylic acids is 1. The Labute approximate surface area is 202 Å². The van der Waals surface area contributed by atoms with Gasteiger partial charge in [0.05, 0.1) is 31.5 Å². The maximum atomic E-state index is 12.9. The number of aromatic nitrogens is 3. The van der Waals surface area contributed by atoms with Crippen molar-refractivity contribution >= 4 is 33.0 Å². The number of methoxy groups -OCH3 is 1. The van der Waals surface area contributed by atoms with E-state index in [2.05, 4.69) is 10.2 Å². The third-order valence-corrected chi connectivity index (χ3v) is 6.90. The highest BCUT2D eigenvalue weighted by Gasteiger charge is 2.28. The highest BCUT2D eigenvalue weighted by atomic mass is 32.1. The number of fused-ring (bicyclic) bond motifs is 1. The molecule has 1 N–H and O–H groups in total. The molecule has 1 aliphatic heterocycles. The molecule has 5 rings (SSSR count). The molecule has 1 saturated heterocycles. The minimum absolute atomic E-state index is 0.0389. The molecule has 1 aliphatic rings. The van der Waals surface area contributed by atoms with Crippen LogP contribution in [-0.2, 0) is 4.79 Å². The molecule has 34 heavy (non-hydrogen) atoms. The van der Waals surface area contributed by atoms with Crippen LogP contribution in [0.15, 0.2) is 54.7 Å². The van der Waals surface area contributed by atoms with E-state index in [1.54, 1.807) is 18.4 Å². The van der Waals surface area contributed by atoms with Gasteiger partial charge in [0.1, 0.15) is 11.5 Å². The molecule has 176 valence electrons. The Hall–Kier alpha value is -3.59. The van der Waals surface area contributed by atoms with Crippen molar-refractivity contribution in [2.24, 2.45) is 5.92 Å². The number of nitrogens with one attached hydrogen (secondary N) is 1. The summed E-state index contributed by atoms with van der Waals surface area (Å²) in [4.78, 5) is 20.7. The first kappa shape index (κ1) is 22.2. The van der Waals surface area contributed by atoms with Gasteiger partial charge in [-0.05, 0) is 68.3 Å². The van der Waals surface area contributed by atoms with Crippen LogP contribution in [0.5, 0.6) is 11.5 Å². The number of benzene rings is 2. The molecule has 0 saturated carbocycles. The van der Waals surface area contributed by atoms with E-state index in [-0.39, 0.29) is 11.8 Å². The second-order valence-corrected chi connectivity index (χ2v) is 9.13. The number of rotatable bonds is 7. The van der Waals surface area contributed by atoms with Crippen molar-refractivity contribution in [2.45, 2.75) is 19.8 Å². The maximum Gasteiger partial charge on any atom is 0.229 e. The summed E-state index contributed by atoms with van der Waals surface area (Å²) in [5, 5.41) is 8.68. The standard InChI is InChI=1S/C25H27N5O3S/c1-3-33-21-12-8-19(9-13-21)26-23(31)18-5-4-14-29(15-18)25-28-30-16-22(27-24(30)34-25)17-6-10-20(32-2)11-7-17/h6-13,16,18H,3-5,14-15H2,1-2H3,(H,26,31)/t18-/m0/s1. The Morgan fingerprint density at radius 1 is 1.15 bits per heavy atom. The largest absolute Gasteiger partial charge is 0.497 e. The Morgan fingerprint density at radius 3 is 2.62 bits per heavy atom. The van der Waals surface area contributed by atoms with Crippen LogP contribution in [0.4, 0.5) is 10.8 Å². The normalized spacial score (nSPS) is 15.9. The van der Waals surface area contributed by atoms with E-state index in [1.807, 2.05) is 66.2 Å². The second-order valence-electron chi connectivity index (χ2n) is 8.20. The number of amides is 1. The van der Waals surface area contributed by atoms with Gasteiger partial charge < -0.3 is 19.7 Å². The van der Waals surface area contributed by atoms with E-state index >= 15 is 0 Å². The molecule has 0 spiro atoms. The van der Waals surface area contributed by atoms with Crippen LogP contribution in [0, 0.1) is 5.92 Å². The van der Waals surface area contributed by atoms with E-state index in [1.165, 1.54) is 0 Å². The van der Waals surface area contributed by atoms with Crippen molar-refractivity contribution in [3.63, 3.8) is 0 Å². The third kappa shape index (κ3) is 4.70. The van der Waals surface area contributed by atoms with Crippen LogP contribution in [0.3, 0.4) is 0 Å². The zero-order valence-corrected chi connectivity index (χ0v) is 20.0. The van der Waals surface area contributed by atoms with Crippen LogP contribution in [0.2, 0.25) is 0 Å². The number of nitrogens with zero attached hydrogens (tertiary/aromatic N) is 4. The number of ether oxygens (including phenoxy) is 2. The molecule has 8 nitrogen and oxygen atoms in total. The molecule has 9 heteroatoms. The molecule has 1 amide bonds. The Morgan fingerprint density at radius 2 is 1.91 bits per heavy atom. The van der Waals surface area contributed by atoms with Gasteiger partial charge in [0.15, 0.2) is 0 Å². The van der Waals surface area contributed by atoms with Gasteiger partial charge in [-0.3, -0.25) is 4.79 Å². The minimum Gasteiger partial charge on any atom is -0.497 e. The molecule has 3 heterocycles. The van der Waals surface area contributed by atoms with Gasteiger partial charge in [0.2, 0.25) is 16.0 Å². The SMILES string of the molecule is CCOc1ccc(NC(=O)[C@H]2CCCN(c3nn4cc(-c5ccc(OC)cc5)nc4s3)C2)cc1. The molecule has 0 radical (unpaired) electrons. The first-order valence-corrected chi connectivity index (χ1v) is 12.2. The van der Waals surface area contributed by atoms with E-state index in [9.17, 15) is 4.79 Å². The molecule has 1 fully saturated rings. The summed E-state index contributed by atoms with van der Waals surface area (Å²) in [6.07, 6.45) is 3.75. The monoisotopic (exact) mass is 477 g/mol. The average molecular weight is 478 g/mol. The highest BCUT2D eigenvalue weighted by molar-refractivity contribution is 7.20. The van der Waals surface area contributed by atoms with Gasteiger partial charge in [0, 0.05) is 24.3 Å². The van der Waals surface area contributed by atoms with Crippen molar-refractivity contribution in [2.75, 3.05) is 37.0 Å². The summed E-state index contributed by atoms with van der Waals surface area (Å²) < 4.78 is 12.5. The van der Waals surface area contributed by atoms with Gasteiger partial charge in [0.25, 0.3) is 0 Å². The van der Waals surface area contributed by atoms with Gasteiger partial charge in [-0.15, -0.1) is 5.10 Å². The summed E-state index contributed by atoms with van der Waals surface area (Å²) >= 11 is 1.55. The molecule has 0 unspecified atom stereocenters. The number of piperidine rings is 1. The van der Waals surface area contributed by atoms with Crippen molar-refractivity contribution in [1.29, 1.82) is 0 Å². The van der Waals surface area contributed by atoms with E-state index < -0.39 is 0 Å². The highest BCUT2D eigenvalue weighted by Crippen LogP contribution is 2.30. The lowest BCUT2D eigenvalue weighted by molar-refractivity contribution is -0.120. The summed E-state index contributed by atoms with van der Waals surface area (Å²) in [7, 11) is 1.65. The number of imidazole rings is 1. The van der Waals surface area contributed by atoms with Gasteiger partial charge >= 0.3 is 0 Å². The molecule has 0 aliphatic carbocycles. The molecular weight excluding hydrogens is 450 g/mol. The van der Waals surface area contributed by atoms with E-state index in [0.717, 1.165) is 57.9 Å². The summed E-state index contributed by atoms with van der Waals surface area (Å²) in [6.45, 7) is 4.10. The van der Waals surface area contributed by atoms with Gasteiger partial charge in [-0.2, -0.15) is 0 Å². The summed E-state index contributed by atoms with van der Waals surface area (Å²) in [5.41, 5.74) is 2.67. The van der Waals surface area contributed by atoms with E-state index in [0.29, 0.717) is 13.2 Å². The van der Waals surface area contributed by atoms with Crippen molar-refractivity contribution in [3.05, 3.63) is 54.7 Å². The molecule has 2 aromatic heterocycles. The fourth-order valence-electron chi connectivity index (χ4n) is 4.13. The minimum atomic E-state index is -0.0913. The predicted molar refractivity (Wildman–Crippen MR) is 134 cm³/mol. The predicted octanol–water partition coefficient (Wildman–Crippen LogP) is 4.72. The lowest BCUT2D eigenvalue weighted by Crippen LogP contribution is -2.40. The molecule has 2 aromatic carbocycles. The molecule has 1 atom stereocenters. The van der Waals surface area contributed by atoms with Crippen LogP contribution >= 0.6 is 11.3 Å². The Balaban J connectivity index is 1.25. The summed E-state index contributed by atoms with van der Waals surface area (Å²) in [5.74, 6) is 1.56. The Bertz CT molecular complexity index is 1230. The van der Waals surface area contributed by atoms with Crippen LogP contribution < -0.4 is 19.7 Å². The van der Waals surface area contributed by atoms with Crippen molar-refractivity contribution in [1.82, 2.24) is 14.6 Å². The zero-order valence-electron chi connectivity index (χ0n) is 19.2. The topological polar surface area (TPSA) is 81.0 Å². The fourth-order valence-corrected chi connectivity index (χ4v) is 5.05. The van der Waals surface area contributed by atoms with E-state index in [4.69, 9.17) is 19.6 Å². The number of anilines is 2. The smallest absolute Gasteiger partial charge is 0.229 e. The van der Waals surface area contributed by atoms with Gasteiger partial charge in [-0.25, -0.2) is 9.50 Å². The molecule has 4 aromatic rings. The van der Waals surface area contributed by atoms with Crippen molar-refractivity contribution < 1.29 is 14.3 Å². The number of carbonyl (C=O) groups is 1. The van der Waals surface area contributed by atoms with Gasteiger partial charge in [-0.1, -0.05) is 11.3 Å². The first-order valence-electron chi connectivity index (χ1n) is 11.4. The maximum absolute atomic E-state index is 12.9. The van der Waals surface area contributed by atoms with Crippen LogP contribution in [-0.4, -0.2) is 47.3 Å². The second kappa shape index (κ2) is 9.72. The summed E-state index contributed by atoms with van der Waals surface area (Å²) in [6, 6.07) is 15.3. The number of hydrogen-bond donors (Lipinski definition) is 1. The average Bonchev–Trinajstić information content (AvgIpc) is 3.45. The van der Waals surface area contributed by atoms with Crippen LogP contribution in [0.1, 0.15) is 19.8 Å². The zero-order chi connectivity index (χ0) is 23.5. The van der Waals surface area contributed by atoms with Crippen molar-refractivity contribution in [3.8, 4) is 22.8 Å².